The summed E-state index contributed by atoms with van der Waals surface area (Å²) in [7, 11) is 1.85. The Bertz CT molecular complexity index is 562. The summed E-state index contributed by atoms with van der Waals surface area (Å²) in [6.07, 6.45) is 4.07. The molecule has 0 spiro atoms. The molecule has 1 saturated carbocycles. The van der Waals surface area contributed by atoms with Crippen molar-refractivity contribution in [2.24, 2.45) is 7.05 Å². The molecule has 2 heterocycles. The molecule has 1 aliphatic rings. The van der Waals surface area contributed by atoms with Gasteiger partial charge in [-0.1, -0.05) is 0 Å². The molecule has 6 nitrogen and oxygen atoms in total. The highest BCUT2D eigenvalue weighted by molar-refractivity contribution is 9.10. The lowest BCUT2D eigenvalue weighted by atomic mass is 10.4. The predicted octanol–water partition coefficient (Wildman–Crippen LogP) is 1.86. The van der Waals surface area contributed by atoms with Gasteiger partial charge < -0.3 is 5.32 Å². The van der Waals surface area contributed by atoms with Crippen molar-refractivity contribution in [1.29, 1.82) is 0 Å². The number of aromatic nitrogens is 5. The second-order valence-corrected chi connectivity index (χ2v) is 5.21. The zero-order valence-corrected chi connectivity index (χ0v) is 11.6. The number of hydrogen-bond acceptors (Lipinski definition) is 5. The maximum absolute atomic E-state index is 4.50. The first-order valence-corrected chi connectivity index (χ1v) is 6.63. The van der Waals surface area contributed by atoms with Gasteiger partial charge in [-0.25, -0.2) is 15.0 Å². The number of nitrogens with zero attached hydrogens (tertiary/aromatic N) is 5. The zero-order chi connectivity index (χ0) is 12.5. The van der Waals surface area contributed by atoms with Crippen LogP contribution >= 0.6 is 15.9 Å². The van der Waals surface area contributed by atoms with Gasteiger partial charge in [-0.15, -0.1) is 0 Å². The van der Waals surface area contributed by atoms with Crippen molar-refractivity contribution >= 4 is 21.7 Å². The second-order valence-electron chi connectivity index (χ2n) is 4.40. The minimum Gasteiger partial charge on any atom is -0.363 e. The molecule has 1 fully saturated rings. The molecule has 0 unspecified atom stereocenters. The second kappa shape index (κ2) is 4.64. The van der Waals surface area contributed by atoms with E-state index in [0.29, 0.717) is 12.5 Å². The van der Waals surface area contributed by atoms with Gasteiger partial charge in [0.1, 0.15) is 22.6 Å². The van der Waals surface area contributed by atoms with Crippen molar-refractivity contribution in [3.05, 3.63) is 28.6 Å². The van der Waals surface area contributed by atoms with Crippen LogP contribution in [0.15, 0.2) is 17.0 Å². The fraction of sp³-hybridized carbons (Fsp3) is 0.455. The summed E-state index contributed by atoms with van der Waals surface area (Å²) in [6, 6.07) is 1.87. The van der Waals surface area contributed by atoms with Crippen LogP contribution < -0.4 is 5.32 Å². The molecule has 7 heteroatoms. The van der Waals surface area contributed by atoms with Crippen molar-refractivity contribution in [3.63, 3.8) is 0 Å². The predicted molar refractivity (Wildman–Crippen MR) is 70.0 cm³/mol. The van der Waals surface area contributed by atoms with E-state index in [4.69, 9.17) is 0 Å². The van der Waals surface area contributed by atoms with Crippen LogP contribution in [0.5, 0.6) is 0 Å². The van der Waals surface area contributed by atoms with Crippen LogP contribution in [-0.4, -0.2) is 24.7 Å². The van der Waals surface area contributed by atoms with Gasteiger partial charge in [0, 0.05) is 19.0 Å². The van der Waals surface area contributed by atoms with E-state index >= 15 is 0 Å². The monoisotopic (exact) mass is 308 g/mol. The molecule has 2 aromatic heterocycles. The molecule has 0 aromatic carbocycles. The molecule has 0 aliphatic heterocycles. The molecule has 0 radical (unpaired) electrons. The zero-order valence-electron chi connectivity index (χ0n) is 9.97. The highest BCUT2D eigenvalue weighted by atomic mass is 79.9. The van der Waals surface area contributed by atoms with Crippen LogP contribution in [0.1, 0.15) is 30.4 Å². The summed E-state index contributed by atoms with van der Waals surface area (Å²) in [5.41, 5.74) is 0. The van der Waals surface area contributed by atoms with Crippen LogP contribution in [0.25, 0.3) is 0 Å². The number of rotatable bonds is 4. The minimum absolute atomic E-state index is 0.538. The van der Waals surface area contributed by atoms with Gasteiger partial charge in [-0.3, -0.25) is 4.68 Å². The largest absolute Gasteiger partial charge is 0.363 e. The maximum Gasteiger partial charge on any atom is 0.169 e. The van der Waals surface area contributed by atoms with Crippen molar-refractivity contribution in [3.8, 4) is 0 Å². The molecule has 1 N–H and O–H groups in total. The third-order valence-corrected chi connectivity index (χ3v) is 3.14. The third kappa shape index (κ3) is 2.66. The number of anilines is 1. The van der Waals surface area contributed by atoms with Gasteiger partial charge in [0.2, 0.25) is 0 Å². The lowest BCUT2D eigenvalue weighted by molar-refractivity contribution is 0.746. The first-order chi connectivity index (χ1) is 8.70. The molecular formula is C11H13BrN6. The Morgan fingerprint density at radius 1 is 1.44 bits per heavy atom. The Balaban J connectivity index is 1.71. The Labute approximate surface area is 113 Å². The van der Waals surface area contributed by atoms with Gasteiger partial charge in [-0.2, -0.15) is 5.10 Å². The number of halogens is 1. The van der Waals surface area contributed by atoms with E-state index in [2.05, 4.69) is 41.3 Å². The third-order valence-electron chi connectivity index (χ3n) is 2.73. The molecule has 1 aliphatic carbocycles. The summed E-state index contributed by atoms with van der Waals surface area (Å²) in [5.74, 6) is 3.02. The Morgan fingerprint density at radius 2 is 2.28 bits per heavy atom. The van der Waals surface area contributed by atoms with Crippen molar-refractivity contribution in [2.75, 3.05) is 5.32 Å². The van der Waals surface area contributed by atoms with E-state index in [1.807, 2.05) is 13.1 Å². The lowest BCUT2D eigenvalue weighted by Crippen LogP contribution is -2.06. The highest BCUT2D eigenvalue weighted by Gasteiger charge is 2.27. The fourth-order valence-corrected chi connectivity index (χ4v) is 2.08. The topological polar surface area (TPSA) is 68.5 Å². The Kier molecular flexibility index (Phi) is 2.99. The normalized spacial score (nSPS) is 14.8. The van der Waals surface area contributed by atoms with E-state index in [1.165, 1.54) is 12.8 Å². The molecule has 0 saturated heterocycles. The average Bonchev–Trinajstić information content (AvgIpc) is 3.10. The molecule has 0 amide bonds. The van der Waals surface area contributed by atoms with Crippen LogP contribution in [0.4, 0.5) is 5.82 Å². The van der Waals surface area contributed by atoms with Gasteiger partial charge in [0.05, 0.1) is 6.54 Å². The lowest BCUT2D eigenvalue weighted by Gasteiger charge is -2.05. The van der Waals surface area contributed by atoms with Crippen LogP contribution in [-0.2, 0) is 13.6 Å². The average molecular weight is 309 g/mol. The molecule has 0 bridgehead atoms. The smallest absolute Gasteiger partial charge is 0.169 e. The number of hydrogen-bond donors (Lipinski definition) is 1. The first-order valence-electron chi connectivity index (χ1n) is 5.83. The highest BCUT2D eigenvalue weighted by Crippen LogP contribution is 2.38. The summed E-state index contributed by atoms with van der Waals surface area (Å²) < 4.78 is 2.50. The minimum atomic E-state index is 0.538. The SMILES string of the molecule is Cn1cnc(CNc2cc(Br)nc(C3CC3)n2)n1. The van der Waals surface area contributed by atoms with E-state index in [-0.39, 0.29) is 0 Å². The van der Waals surface area contributed by atoms with E-state index in [9.17, 15) is 0 Å². The molecule has 3 rings (SSSR count). The van der Waals surface area contributed by atoms with E-state index in [1.54, 1.807) is 11.0 Å². The molecule has 18 heavy (non-hydrogen) atoms. The Hall–Kier alpha value is -1.50. The van der Waals surface area contributed by atoms with Gasteiger partial charge in [0.25, 0.3) is 0 Å². The van der Waals surface area contributed by atoms with Gasteiger partial charge in [0.15, 0.2) is 5.82 Å². The van der Waals surface area contributed by atoms with Crippen molar-refractivity contribution in [1.82, 2.24) is 24.7 Å². The summed E-state index contributed by atoms with van der Waals surface area (Å²) in [5, 5.41) is 7.42. The molecule has 0 atom stereocenters. The van der Waals surface area contributed by atoms with Crippen LogP contribution in [0.2, 0.25) is 0 Å². The van der Waals surface area contributed by atoms with Crippen molar-refractivity contribution < 1.29 is 0 Å². The molecule has 2 aromatic rings. The van der Waals surface area contributed by atoms with Gasteiger partial charge >= 0.3 is 0 Å². The summed E-state index contributed by atoms with van der Waals surface area (Å²) in [4.78, 5) is 13.0. The summed E-state index contributed by atoms with van der Waals surface area (Å²) >= 11 is 3.41. The number of nitrogens with one attached hydrogen (secondary N) is 1. The van der Waals surface area contributed by atoms with Crippen LogP contribution in [0, 0.1) is 0 Å². The van der Waals surface area contributed by atoms with E-state index < -0.39 is 0 Å². The standard InChI is InChI=1S/C11H13BrN6/c1-18-6-14-10(17-18)5-13-9-4-8(12)15-11(16-9)7-2-3-7/h4,6-7H,2-3,5H2,1H3,(H,13,15,16). The quantitative estimate of drug-likeness (QED) is 0.873. The first kappa shape index (κ1) is 11.6. The summed E-state index contributed by atoms with van der Waals surface area (Å²) in [6.45, 7) is 0.564. The Morgan fingerprint density at radius 3 is 2.94 bits per heavy atom. The van der Waals surface area contributed by atoms with Crippen molar-refractivity contribution in [2.45, 2.75) is 25.3 Å². The fourth-order valence-electron chi connectivity index (χ4n) is 1.68. The molecule has 94 valence electrons. The van der Waals surface area contributed by atoms with Gasteiger partial charge in [-0.05, 0) is 28.8 Å². The molecular weight excluding hydrogens is 296 g/mol. The maximum atomic E-state index is 4.50. The number of aryl methyl sites for hydroxylation is 1. The van der Waals surface area contributed by atoms with Crippen LogP contribution in [0.3, 0.4) is 0 Å². The van der Waals surface area contributed by atoms with E-state index in [0.717, 1.165) is 22.1 Å².